The van der Waals surface area contributed by atoms with E-state index in [0.29, 0.717) is 12.0 Å². The van der Waals surface area contributed by atoms with Gasteiger partial charge in [0.2, 0.25) is 0 Å². The Morgan fingerprint density at radius 3 is 2.48 bits per heavy atom. The van der Waals surface area contributed by atoms with Crippen molar-refractivity contribution in [1.82, 2.24) is 10.6 Å². The molecule has 2 fully saturated rings. The first-order chi connectivity index (χ1) is 10.2. The maximum absolute atomic E-state index is 6.23. The third-order valence-electron chi connectivity index (χ3n) is 5.47. The second-order valence-corrected chi connectivity index (χ2v) is 9.94. The number of methoxy groups -OCH3 is 1. The number of rotatable bonds is 6. The number of ether oxygens (including phenoxy) is 1. The van der Waals surface area contributed by atoms with Crippen molar-refractivity contribution in [2.45, 2.75) is 49.9 Å². The van der Waals surface area contributed by atoms with Gasteiger partial charge in [-0.1, -0.05) is 19.8 Å². The smallest absolute Gasteiger partial charge is 0.371 e. The molecule has 2 saturated heterocycles. The lowest BCUT2D eigenvalue weighted by molar-refractivity contribution is -0.0657. The molecule has 124 valence electrons. The number of hydrogen-bond acceptors (Lipinski definition) is 5. The van der Waals surface area contributed by atoms with Crippen LogP contribution in [-0.2, 0) is 13.6 Å². The Labute approximate surface area is 130 Å². The van der Waals surface area contributed by atoms with E-state index in [4.69, 9.17) is 13.6 Å². The molecule has 2 aliphatic heterocycles. The quantitative estimate of drug-likeness (QED) is 0.726. The van der Waals surface area contributed by atoms with Gasteiger partial charge in [0.15, 0.2) is 0 Å². The molecule has 0 aromatic heterocycles. The van der Waals surface area contributed by atoms with Crippen molar-refractivity contribution in [1.29, 1.82) is 0 Å². The molecule has 0 aliphatic carbocycles. The molecular weight excluding hydrogens is 284 g/mol. The number of nitrogens with one attached hydrogen (secondary N) is 2. The van der Waals surface area contributed by atoms with Crippen LogP contribution in [0.15, 0.2) is 0 Å². The predicted octanol–water partition coefficient (Wildman–Crippen LogP) is 1.42. The van der Waals surface area contributed by atoms with Gasteiger partial charge in [-0.3, -0.25) is 0 Å². The average molecular weight is 317 g/mol. The first-order valence-corrected chi connectivity index (χ1v) is 10.3. The van der Waals surface area contributed by atoms with Gasteiger partial charge in [0, 0.05) is 52.9 Å². The first kappa shape index (κ1) is 17.4. The van der Waals surface area contributed by atoms with Gasteiger partial charge in [-0.15, -0.1) is 0 Å². The summed E-state index contributed by atoms with van der Waals surface area (Å²) in [5.41, 5.74) is 0. The van der Waals surface area contributed by atoms with Crippen molar-refractivity contribution in [2.24, 2.45) is 5.92 Å². The highest BCUT2D eigenvalue weighted by Crippen LogP contribution is 2.47. The van der Waals surface area contributed by atoms with Gasteiger partial charge < -0.3 is 24.2 Å². The second-order valence-electron chi connectivity index (χ2n) is 6.27. The molecule has 3 atom stereocenters. The maximum atomic E-state index is 6.23. The standard InChI is InChI=1S/C15H32N2O3Si/c1-5-8-15(18-2)13(14-12-16-9-10-17-14)7-6-11-21(15,19-3)20-4/h13-14,16-17H,5-12H2,1-4H3. The molecule has 0 radical (unpaired) electrons. The van der Waals surface area contributed by atoms with Gasteiger partial charge in [-0.2, -0.15) is 0 Å². The molecule has 0 amide bonds. The Morgan fingerprint density at radius 2 is 1.95 bits per heavy atom. The summed E-state index contributed by atoms with van der Waals surface area (Å²) in [6, 6.07) is 1.48. The summed E-state index contributed by atoms with van der Waals surface area (Å²) in [7, 11) is 3.11. The summed E-state index contributed by atoms with van der Waals surface area (Å²) < 4.78 is 18.3. The molecule has 0 aromatic carbocycles. The zero-order chi connectivity index (χ0) is 15.3. The molecule has 0 aromatic rings. The van der Waals surface area contributed by atoms with Crippen molar-refractivity contribution in [3.63, 3.8) is 0 Å². The van der Waals surface area contributed by atoms with Gasteiger partial charge in [-0.05, 0) is 18.9 Å². The molecule has 0 spiro atoms. The van der Waals surface area contributed by atoms with E-state index < -0.39 is 8.56 Å². The van der Waals surface area contributed by atoms with Crippen LogP contribution in [-0.4, -0.2) is 60.8 Å². The van der Waals surface area contributed by atoms with Crippen LogP contribution in [0.25, 0.3) is 0 Å². The van der Waals surface area contributed by atoms with Crippen LogP contribution < -0.4 is 10.6 Å². The van der Waals surface area contributed by atoms with Crippen molar-refractivity contribution in [3.05, 3.63) is 0 Å². The van der Waals surface area contributed by atoms with Crippen molar-refractivity contribution >= 4 is 8.56 Å². The molecule has 2 heterocycles. The molecule has 21 heavy (non-hydrogen) atoms. The Bertz CT molecular complexity index is 322. The Kier molecular flexibility index (Phi) is 6.22. The van der Waals surface area contributed by atoms with E-state index in [1.807, 2.05) is 21.3 Å². The van der Waals surface area contributed by atoms with E-state index in [1.54, 1.807) is 0 Å². The minimum Gasteiger partial charge on any atom is -0.396 e. The molecule has 6 heteroatoms. The predicted molar refractivity (Wildman–Crippen MR) is 86.6 cm³/mol. The van der Waals surface area contributed by atoms with Gasteiger partial charge in [0.05, 0.1) is 0 Å². The largest absolute Gasteiger partial charge is 0.396 e. The highest BCUT2D eigenvalue weighted by atomic mass is 28.4. The van der Waals surface area contributed by atoms with Gasteiger partial charge in [-0.25, -0.2) is 0 Å². The average Bonchev–Trinajstić information content (AvgIpc) is 2.56. The molecule has 2 aliphatic rings. The SMILES string of the molecule is CCCC1(OC)C(C2CNCCN2)CCC[Si]1(OC)OC. The van der Waals surface area contributed by atoms with Crippen molar-refractivity contribution < 1.29 is 13.6 Å². The zero-order valence-electron chi connectivity index (χ0n) is 14.0. The zero-order valence-corrected chi connectivity index (χ0v) is 15.0. The van der Waals surface area contributed by atoms with E-state index in [9.17, 15) is 0 Å². The van der Waals surface area contributed by atoms with Crippen LogP contribution in [0, 0.1) is 5.92 Å². The Morgan fingerprint density at radius 1 is 1.19 bits per heavy atom. The summed E-state index contributed by atoms with van der Waals surface area (Å²) in [6.45, 7) is 5.32. The van der Waals surface area contributed by atoms with Gasteiger partial charge in [0.25, 0.3) is 0 Å². The minimum absolute atomic E-state index is 0.250. The lowest BCUT2D eigenvalue weighted by atomic mass is 9.84. The fourth-order valence-corrected chi connectivity index (χ4v) is 8.77. The third kappa shape index (κ3) is 2.94. The van der Waals surface area contributed by atoms with Gasteiger partial charge in [0.1, 0.15) is 5.22 Å². The molecule has 0 bridgehead atoms. The first-order valence-electron chi connectivity index (χ1n) is 8.29. The molecule has 2 rings (SSSR count). The monoisotopic (exact) mass is 316 g/mol. The molecule has 5 nitrogen and oxygen atoms in total. The Hall–Kier alpha value is 0.0169. The van der Waals surface area contributed by atoms with Crippen molar-refractivity contribution in [3.8, 4) is 0 Å². The van der Waals surface area contributed by atoms with Crippen LogP contribution in [0.2, 0.25) is 6.04 Å². The highest BCUT2D eigenvalue weighted by molar-refractivity contribution is 6.70. The topological polar surface area (TPSA) is 51.8 Å². The second kappa shape index (κ2) is 7.52. The maximum Gasteiger partial charge on any atom is 0.371 e. The van der Waals surface area contributed by atoms with Crippen LogP contribution in [0.1, 0.15) is 32.6 Å². The van der Waals surface area contributed by atoms with Crippen LogP contribution in [0.5, 0.6) is 0 Å². The summed E-state index contributed by atoms with van der Waals surface area (Å²) in [4.78, 5) is 0. The Balaban J connectivity index is 2.35. The summed E-state index contributed by atoms with van der Waals surface area (Å²) in [5.74, 6) is 0.454. The van der Waals surface area contributed by atoms with Crippen LogP contribution in [0.3, 0.4) is 0 Å². The van der Waals surface area contributed by atoms with Gasteiger partial charge >= 0.3 is 8.56 Å². The van der Waals surface area contributed by atoms with Crippen molar-refractivity contribution in [2.75, 3.05) is 41.0 Å². The van der Waals surface area contributed by atoms with E-state index in [1.165, 1.54) is 12.8 Å². The van der Waals surface area contributed by atoms with E-state index in [-0.39, 0.29) is 5.22 Å². The fraction of sp³-hybridized carbons (Fsp3) is 1.00. The normalized spacial score (nSPS) is 36.6. The van der Waals surface area contributed by atoms with Crippen LogP contribution >= 0.6 is 0 Å². The summed E-state index contributed by atoms with van der Waals surface area (Å²) in [6.07, 6.45) is 4.46. The molecule has 0 saturated carbocycles. The fourth-order valence-electron chi connectivity index (χ4n) is 4.56. The van der Waals surface area contributed by atoms with Crippen LogP contribution in [0.4, 0.5) is 0 Å². The minimum atomic E-state index is -2.37. The lowest BCUT2D eigenvalue weighted by Crippen LogP contribution is -2.72. The molecule has 2 N–H and O–H groups in total. The van der Waals surface area contributed by atoms with E-state index in [2.05, 4.69) is 17.6 Å². The van der Waals surface area contributed by atoms with E-state index >= 15 is 0 Å². The summed E-state index contributed by atoms with van der Waals surface area (Å²) in [5, 5.41) is 6.96. The third-order valence-corrected chi connectivity index (χ3v) is 9.91. The molecule has 3 unspecified atom stereocenters. The highest BCUT2D eigenvalue weighted by Gasteiger charge is 2.64. The molecular formula is C15H32N2O3Si. The number of piperazine rings is 1. The van der Waals surface area contributed by atoms with E-state index in [0.717, 1.165) is 38.5 Å². The lowest BCUT2D eigenvalue weighted by Gasteiger charge is -2.55. The number of hydrogen-bond donors (Lipinski definition) is 2. The summed E-state index contributed by atoms with van der Waals surface area (Å²) >= 11 is 0.